The fourth-order valence-corrected chi connectivity index (χ4v) is 4.81. The fraction of sp³-hybridized carbons (Fsp3) is 0.727. The van der Waals surface area contributed by atoms with Gasteiger partial charge in [-0.15, -0.1) is 0 Å². The number of piperidine rings is 1. The van der Waals surface area contributed by atoms with Crippen molar-refractivity contribution in [1.29, 1.82) is 0 Å². The Balaban J connectivity index is 2.22. The van der Waals surface area contributed by atoms with Gasteiger partial charge >= 0.3 is 0 Å². The molecule has 2 heterocycles. The van der Waals surface area contributed by atoms with Crippen LogP contribution in [-0.2, 0) is 9.84 Å². The van der Waals surface area contributed by atoms with Crippen LogP contribution in [0.2, 0.25) is 0 Å². The second kappa shape index (κ2) is 6.06. The normalized spacial score (nSPS) is 17.5. The van der Waals surface area contributed by atoms with Crippen LogP contribution in [0, 0.1) is 0 Å². The van der Waals surface area contributed by atoms with Gasteiger partial charge < -0.3 is 11.2 Å². The molecule has 6 nitrogen and oxygen atoms in total. The first-order chi connectivity index (χ1) is 9.04. The molecule has 0 atom stereocenters. The molecule has 0 unspecified atom stereocenters. The van der Waals surface area contributed by atoms with Gasteiger partial charge in [-0.3, -0.25) is 0 Å². The zero-order chi connectivity index (χ0) is 13.9. The molecule has 0 aromatic carbocycles. The number of rotatable bonds is 5. The summed E-state index contributed by atoms with van der Waals surface area (Å²) < 4.78 is 28.4. The number of hydrazine groups is 1. The predicted octanol–water partition coefficient (Wildman–Crippen LogP) is 1.72. The molecule has 2 rings (SSSR count). The third-order valence-electron chi connectivity index (χ3n) is 3.07. The lowest BCUT2D eigenvalue weighted by Crippen LogP contribution is -2.35. The Labute approximate surface area is 118 Å². The van der Waals surface area contributed by atoms with Gasteiger partial charge in [-0.2, -0.15) is 4.37 Å². The van der Waals surface area contributed by atoms with Crippen molar-refractivity contribution in [2.45, 2.75) is 37.5 Å². The largest absolute Gasteiger partial charge is 0.382 e. The molecule has 1 aliphatic heterocycles. The average Bonchev–Trinajstić information content (AvgIpc) is 2.72. The van der Waals surface area contributed by atoms with E-state index in [9.17, 15) is 8.42 Å². The summed E-state index contributed by atoms with van der Waals surface area (Å²) in [5.74, 6) is 0.211. The van der Waals surface area contributed by atoms with Crippen LogP contribution in [0.25, 0.3) is 0 Å². The van der Waals surface area contributed by atoms with E-state index in [2.05, 4.69) is 9.80 Å². The van der Waals surface area contributed by atoms with Crippen LogP contribution in [-0.4, -0.2) is 36.6 Å². The molecule has 1 fully saturated rings. The number of anilines is 2. The van der Waals surface area contributed by atoms with Crippen molar-refractivity contribution >= 4 is 32.2 Å². The molecule has 0 radical (unpaired) electrons. The number of nitrogens with two attached hydrogens (primary N) is 1. The third kappa shape index (κ3) is 3.37. The van der Waals surface area contributed by atoms with Crippen molar-refractivity contribution in [2.75, 3.05) is 30.0 Å². The number of aromatic nitrogens is 1. The maximum atomic E-state index is 12.2. The molecule has 3 N–H and O–H groups in total. The van der Waals surface area contributed by atoms with Crippen LogP contribution in [0.15, 0.2) is 4.90 Å². The molecule has 1 aromatic rings. The molecule has 0 spiro atoms. The predicted molar refractivity (Wildman–Crippen MR) is 77.9 cm³/mol. The summed E-state index contributed by atoms with van der Waals surface area (Å²) >= 11 is 1.12. The van der Waals surface area contributed by atoms with E-state index in [0.29, 0.717) is 11.4 Å². The van der Waals surface area contributed by atoms with Gasteiger partial charge in [-0.25, -0.2) is 13.4 Å². The highest BCUT2D eigenvalue weighted by Gasteiger charge is 2.26. The summed E-state index contributed by atoms with van der Waals surface area (Å²) in [6.45, 7) is 3.68. The van der Waals surface area contributed by atoms with Crippen molar-refractivity contribution in [3.8, 4) is 0 Å². The van der Waals surface area contributed by atoms with Gasteiger partial charge in [-0.1, -0.05) is 13.3 Å². The highest BCUT2D eigenvalue weighted by molar-refractivity contribution is 7.91. The molecule has 1 saturated heterocycles. The Hall–Kier alpha value is -0.860. The molecule has 0 amide bonds. The minimum Gasteiger partial charge on any atom is -0.382 e. The highest BCUT2D eigenvalue weighted by atomic mass is 32.2. The number of nitrogens with zero attached hydrogens (tertiary/aromatic N) is 2. The van der Waals surface area contributed by atoms with Gasteiger partial charge in [0.25, 0.3) is 0 Å². The molecular formula is C11H20N4O2S2. The third-order valence-corrected chi connectivity index (χ3v) is 5.95. The van der Waals surface area contributed by atoms with Crippen LogP contribution in [0.4, 0.5) is 10.8 Å². The van der Waals surface area contributed by atoms with Gasteiger partial charge in [0.1, 0.15) is 9.90 Å². The van der Waals surface area contributed by atoms with Crippen molar-refractivity contribution in [1.82, 2.24) is 9.38 Å². The molecule has 108 valence electrons. The summed E-state index contributed by atoms with van der Waals surface area (Å²) in [7, 11) is -3.35. The Bertz CT molecular complexity index is 521. The molecule has 1 aromatic heterocycles. The Kier molecular flexibility index (Phi) is 4.64. The van der Waals surface area contributed by atoms with Crippen molar-refractivity contribution in [2.24, 2.45) is 0 Å². The van der Waals surface area contributed by atoms with E-state index in [0.717, 1.165) is 37.5 Å². The maximum Gasteiger partial charge on any atom is 0.185 e. The maximum absolute atomic E-state index is 12.2. The number of nitrogen functional groups attached to an aromatic ring is 1. The quantitative estimate of drug-likeness (QED) is 0.861. The zero-order valence-corrected chi connectivity index (χ0v) is 12.7. The van der Waals surface area contributed by atoms with Gasteiger partial charge in [-0.05, 0) is 30.8 Å². The summed E-state index contributed by atoms with van der Waals surface area (Å²) in [6.07, 6.45) is 4.04. The molecule has 0 saturated carbocycles. The molecule has 0 aliphatic carbocycles. The number of nitrogens with one attached hydrogen (secondary N) is 1. The van der Waals surface area contributed by atoms with E-state index >= 15 is 0 Å². The number of hydrogen-bond donors (Lipinski definition) is 2. The highest BCUT2D eigenvalue weighted by Crippen LogP contribution is 2.33. The molecule has 1 aliphatic rings. The van der Waals surface area contributed by atoms with Crippen molar-refractivity contribution in [3.05, 3.63) is 0 Å². The zero-order valence-electron chi connectivity index (χ0n) is 11.1. The minimum atomic E-state index is -3.35. The number of sulfone groups is 1. The van der Waals surface area contributed by atoms with E-state index in [4.69, 9.17) is 5.73 Å². The van der Waals surface area contributed by atoms with Gasteiger partial charge in [0, 0.05) is 13.1 Å². The van der Waals surface area contributed by atoms with E-state index in [1.807, 2.05) is 11.9 Å². The summed E-state index contributed by atoms with van der Waals surface area (Å²) in [5, 5.41) is 2.59. The summed E-state index contributed by atoms with van der Waals surface area (Å²) in [6, 6.07) is 0. The van der Waals surface area contributed by atoms with Crippen LogP contribution >= 0.6 is 11.5 Å². The van der Waals surface area contributed by atoms with Crippen LogP contribution in [0.5, 0.6) is 0 Å². The van der Waals surface area contributed by atoms with Crippen LogP contribution in [0.3, 0.4) is 0 Å². The Morgan fingerprint density at radius 1 is 1.37 bits per heavy atom. The first-order valence-electron chi connectivity index (χ1n) is 6.54. The lowest BCUT2D eigenvalue weighted by atomic mass is 10.2. The second-order valence-corrected chi connectivity index (χ2v) is 7.52. The lowest BCUT2D eigenvalue weighted by Gasteiger charge is -2.27. The Morgan fingerprint density at radius 2 is 2.05 bits per heavy atom. The van der Waals surface area contributed by atoms with Gasteiger partial charge in [0.2, 0.25) is 0 Å². The summed E-state index contributed by atoms with van der Waals surface area (Å²) in [4.78, 5) is 0.171. The lowest BCUT2D eigenvalue weighted by molar-refractivity contribution is 0.273. The topological polar surface area (TPSA) is 88.3 Å². The van der Waals surface area contributed by atoms with E-state index < -0.39 is 9.84 Å². The first-order valence-corrected chi connectivity index (χ1v) is 8.96. The second-order valence-electron chi connectivity index (χ2n) is 4.70. The minimum absolute atomic E-state index is 0.101. The van der Waals surface area contributed by atoms with Gasteiger partial charge in [0.05, 0.1) is 5.75 Å². The Morgan fingerprint density at radius 3 is 2.68 bits per heavy atom. The standard InChI is InChI=1S/C11H20N4O2S2/c1-2-8-19(16,17)9-10(12)14-18-11(9)13-15-6-4-3-5-7-15/h13H,2-8H2,1H3,(H2,12,14). The van der Waals surface area contributed by atoms with Crippen LogP contribution < -0.4 is 11.2 Å². The average molecular weight is 304 g/mol. The van der Waals surface area contributed by atoms with Crippen molar-refractivity contribution < 1.29 is 8.42 Å². The number of hydrogen-bond acceptors (Lipinski definition) is 7. The van der Waals surface area contributed by atoms with E-state index in [-0.39, 0.29) is 16.5 Å². The molecular weight excluding hydrogens is 284 g/mol. The fourth-order valence-electron chi connectivity index (χ4n) is 2.19. The summed E-state index contributed by atoms with van der Waals surface area (Å²) in [5.41, 5.74) is 8.89. The van der Waals surface area contributed by atoms with Crippen molar-refractivity contribution in [3.63, 3.8) is 0 Å². The first kappa shape index (κ1) is 14.5. The van der Waals surface area contributed by atoms with Crippen LogP contribution in [0.1, 0.15) is 32.6 Å². The monoisotopic (exact) mass is 304 g/mol. The molecule has 8 heteroatoms. The van der Waals surface area contributed by atoms with E-state index in [1.54, 1.807) is 0 Å². The smallest absolute Gasteiger partial charge is 0.185 e. The SMILES string of the molecule is CCCS(=O)(=O)c1c(N)nsc1NN1CCCCC1. The molecule has 19 heavy (non-hydrogen) atoms. The van der Waals surface area contributed by atoms with E-state index in [1.165, 1.54) is 6.42 Å². The molecule has 0 bridgehead atoms. The van der Waals surface area contributed by atoms with Gasteiger partial charge in [0.15, 0.2) is 15.7 Å².